The third-order valence-corrected chi connectivity index (χ3v) is 5.56. The van der Waals surface area contributed by atoms with E-state index in [4.69, 9.17) is 0 Å². The van der Waals surface area contributed by atoms with Gasteiger partial charge in [-0.15, -0.1) is 12.4 Å². The summed E-state index contributed by atoms with van der Waals surface area (Å²) in [7, 11) is 0. The average molecular weight is 420 g/mol. The molecule has 1 N–H and O–H groups in total. The molecule has 158 valence electrons. The van der Waals surface area contributed by atoms with Gasteiger partial charge in [0.05, 0.1) is 5.56 Å². The molecule has 0 spiro atoms. The van der Waals surface area contributed by atoms with E-state index in [-0.39, 0.29) is 24.2 Å². The number of hydrogen-bond acceptors (Lipinski definition) is 3. The number of rotatable bonds is 3. The monoisotopic (exact) mass is 419 g/mol. The summed E-state index contributed by atoms with van der Waals surface area (Å²) < 4.78 is 38.0. The Hall–Kier alpha value is -1.31. The lowest BCUT2D eigenvalue weighted by molar-refractivity contribution is -0.138. The van der Waals surface area contributed by atoms with E-state index in [1.807, 2.05) is 4.90 Å². The van der Waals surface area contributed by atoms with E-state index in [0.717, 1.165) is 63.1 Å². The Morgan fingerprint density at radius 2 is 1.86 bits per heavy atom. The van der Waals surface area contributed by atoms with E-state index in [9.17, 15) is 18.0 Å². The van der Waals surface area contributed by atoms with Gasteiger partial charge in [0.25, 0.3) is 0 Å². The molecule has 2 aliphatic heterocycles. The Balaban J connectivity index is 0.00000280. The summed E-state index contributed by atoms with van der Waals surface area (Å²) in [5.41, 5.74) is 0.255. The fourth-order valence-electron chi connectivity index (χ4n) is 4.02. The van der Waals surface area contributed by atoms with Gasteiger partial charge in [0.15, 0.2) is 0 Å². The van der Waals surface area contributed by atoms with Crippen molar-refractivity contribution >= 4 is 18.3 Å². The van der Waals surface area contributed by atoms with Crippen molar-refractivity contribution in [1.29, 1.82) is 0 Å². The lowest BCUT2D eigenvalue weighted by atomic mass is 9.92. The van der Waals surface area contributed by atoms with Crippen LogP contribution in [-0.2, 0) is 17.5 Å². The van der Waals surface area contributed by atoms with Crippen LogP contribution in [0.15, 0.2) is 24.3 Å². The lowest BCUT2D eigenvalue weighted by Crippen LogP contribution is -2.45. The molecule has 0 aromatic heterocycles. The molecule has 2 atom stereocenters. The average Bonchev–Trinajstić information content (AvgIpc) is 2.86. The Labute approximate surface area is 170 Å². The highest BCUT2D eigenvalue weighted by Gasteiger charge is 2.31. The second kappa shape index (κ2) is 9.94. The molecule has 2 saturated heterocycles. The standard InChI is InChI=1S/C20H28F3N3O.ClH/c1-15-13-17(7-8-24-15)19(27)26-10-2-9-25(11-12-26)14-16-3-5-18(6-4-16)20(21,22)23;/h3-6,15,17,24H,2,7-14H2,1H3;1H/t15-,17-;/m0./s1. The van der Waals surface area contributed by atoms with Crippen LogP contribution in [0.3, 0.4) is 0 Å². The fraction of sp³-hybridized carbons (Fsp3) is 0.650. The number of amides is 1. The van der Waals surface area contributed by atoms with Crippen LogP contribution < -0.4 is 5.32 Å². The quantitative estimate of drug-likeness (QED) is 0.813. The summed E-state index contributed by atoms with van der Waals surface area (Å²) in [6, 6.07) is 5.76. The van der Waals surface area contributed by atoms with Crippen LogP contribution in [0.2, 0.25) is 0 Å². The molecule has 0 aliphatic carbocycles. The number of halogens is 4. The second-order valence-electron chi connectivity index (χ2n) is 7.73. The Morgan fingerprint density at radius 1 is 1.14 bits per heavy atom. The predicted molar refractivity (Wildman–Crippen MR) is 105 cm³/mol. The minimum atomic E-state index is -4.30. The van der Waals surface area contributed by atoms with Crippen molar-refractivity contribution in [1.82, 2.24) is 15.1 Å². The number of carbonyl (C=O) groups excluding carboxylic acids is 1. The van der Waals surface area contributed by atoms with Crippen LogP contribution in [0.1, 0.15) is 37.3 Å². The first-order valence-electron chi connectivity index (χ1n) is 9.73. The summed E-state index contributed by atoms with van der Waals surface area (Å²) in [5, 5.41) is 3.38. The first kappa shape index (κ1) is 23.0. The molecule has 0 unspecified atom stereocenters. The molecular weight excluding hydrogens is 391 g/mol. The van der Waals surface area contributed by atoms with Crippen LogP contribution in [0.4, 0.5) is 13.2 Å². The van der Waals surface area contributed by atoms with Crippen molar-refractivity contribution in [3.8, 4) is 0 Å². The van der Waals surface area contributed by atoms with Crippen molar-refractivity contribution in [3.63, 3.8) is 0 Å². The summed E-state index contributed by atoms with van der Waals surface area (Å²) >= 11 is 0. The van der Waals surface area contributed by atoms with E-state index in [2.05, 4.69) is 17.1 Å². The lowest BCUT2D eigenvalue weighted by Gasteiger charge is -2.31. The molecule has 3 rings (SSSR count). The maximum absolute atomic E-state index is 12.8. The second-order valence-corrected chi connectivity index (χ2v) is 7.73. The number of benzene rings is 1. The van der Waals surface area contributed by atoms with Crippen molar-refractivity contribution < 1.29 is 18.0 Å². The Morgan fingerprint density at radius 3 is 2.50 bits per heavy atom. The zero-order valence-electron chi connectivity index (χ0n) is 16.2. The number of nitrogens with one attached hydrogen (secondary N) is 1. The number of carbonyl (C=O) groups is 1. The SMILES string of the molecule is C[C@H]1C[C@@H](C(=O)N2CCCN(Cc3ccc(C(F)(F)F)cc3)CC2)CCN1.Cl. The maximum atomic E-state index is 12.8. The molecule has 0 saturated carbocycles. The fourth-order valence-corrected chi connectivity index (χ4v) is 4.02. The van der Waals surface area contributed by atoms with E-state index < -0.39 is 11.7 Å². The molecule has 2 fully saturated rings. The minimum Gasteiger partial charge on any atom is -0.341 e. The van der Waals surface area contributed by atoms with Gasteiger partial charge in [-0.2, -0.15) is 13.2 Å². The topological polar surface area (TPSA) is 35.6 Å². The molecule has 1 amide bonds. The number of hydrogen-bond donors (Lipinski definition) is 1. The molecule has 28 heavy (non-hydrogen) atoms. The summed E-state index contributed by atoms with van der Waals surface area (Å²) in [6.07, 6.45) is -1.61. The smallest absolute Gasteiger partial charge is 0.341 e. The number of alkyl halides is 3. The minimum absolute atomic E-state index is 0. The van der Waals surface area contributed by atoms with Crippen LogP contribution in [0, 0.1) is 5.92 Å². The predicted octanol–water partition coefficient (Wildman–Crippen LogP) is 3.55. The Kier molecular flexibility index (Phi) is 8.16. The van der Waals surface area contributed by atoms with Gasteiger partial charge in [-0.25, -0.2) is 0 Å². The molecule has 1 aromatic carbocycles. The van der Waals surface area contributed by atoms with Gasteiger partial charge in [-0.3, -0.25) is 9.69 Å². The highest BCUT2D eigenvalue weighted by molar-refractivity contribution is 5.85. The van der Waals surface area contributed by atoms with Crippen LogP contribution in [-0.4, -0.2) is 54.5 Å². The molecule has 0 bridgehead atoms. The van der Waals surface area contributed by atoms with Gasteiger partial charge in [0.1, 0.15) is 0 Å². The van der Waals surface area contributed by atoms with E-state index in [1.165, 1.54) is 0 Å². The zero-order chi connectivity index (χ0) is 19.4. The third-order valence-electron chi connectivity index (χ3n) is 5.56. The molecule has 2 aliphatic rings. The summed E-state index contributed by atoms with van der Waals surface area (Å²) in [4.78, 5) is 17.0. The highest BCUT2D eigenvalue weighted by atomic mass is 35.5. The van der Waals surface area contributed by atoms with Crippen molar-refractivity contribution in [2.75, 3.05) is 32.7 Å². The number of piperidine rings is 1. The van der Waals surface area contributed by atoms with Gasteiger partial charge >= 0.3 is 6.18 Å². The molecule has 2 heterocycles. The van der Waals surface area contributed by atoms with Crippen LogP contribution in [0.5, 0.6) is 0 Å². The third kappa shape index (κ3) is 6.09. The Bertz CT molecular complexity index is 639. The summed E-state index contributed by atoms with van der Waals surface area (Å²) in [6.45, 7) is 6.70. The van der Waals surface area contributed by atoms with Gasteiger partial charge < -0.3 is 10.2 Å². The molecule has 1 aromatic rings. The van der Waals surface area contributed by atoms with Gasteiger partial charge in [0, 0.05) is 44.7 Å². The van der Waals surface area contributed by atoms with Crippen LogP contribution in [0.25, 0.3) is 0 Å². The first-order valence-corrected chi connectivity index (χ1v) is 9.73. The molecule has 4 nitrogen and oxygen atoms in total. The molecule has 0 radical (unpaired) electrons. The van der Waals surface area contributed by atoms with E-state index >= 15 is 0 Å². The van der Waals surface area contributed by atoms with E-state index in [1.54, 1.807) is 12.1 Å². The largest absolute Gasteiger partial charge is 0.416 e. The van der Waals surface area contributed by atoms with Crippen molar-refractivity contribution in [2.45, 2.75) is 44.9 Å². The van der Waals surface area contributed by atoms with Gasteiger partial charge in [-0.05, 0) is 50.4 Å². The zero-order valence-corrected chi connectivity index (χ0v) is 17.0. The van der Waals surface area contributed by atoms with Gasteiger partial charge in [-0.1, -0.05) is 12.1 Å². The highest BCUT2D eigenvalue weighted by Crippen LogP contribution is 2.29. The summed E-state index contributed by atoms with van der Waals surface area (Å²) in [5.74, 6) is 0.377. The number of nitrogens with zero attached hydrogens (tertiary/aromatic N) is 2. The maximum Gasteiger partial charge on any atom is 0.416 e. The van der Waals surface area contributed by atoms with E-state index in [0.29, 0.717) is 19.1 Å². The van der Waals surface area contributed by atoms with Crippen molar-refractivity contribution in [3.05, 3.63) is 35.4 Å². The normalized spacial score (nSPS) is 24.4. The van der Waals surface area contributed by atoms with Gasteiger partial charge in [0.2, 0.25) is 5.91 Å². The first-order chi connectivity index (χ1) is 12.8. The molecular formula is C20H29ClF3N3O. The van der Waals surface area contributed by atoms with Crippen molar-refractivity contribution in [2.24, 2.45) is 5.92 Å². The van der Waals surface area contributed by atoms with Crippen LogP contribution >= 0.6 is 12.4 Å². The molecule has 8 heteroatoms.